The van der Waals surface area contributed by atoms with E-state index in [2.05, 4.69) is 19.2 Å². The van der Waals surface area contributed by atoms with Crippen molar-refractivity contribution in [2.75, 3.05) is 13.1 Å². The van der Waals surface area contributed by atoms with Gasteiger partial charge in [0.25, 0.3) is 0 Å². The van der Waals surface area contributed by atoms with Crippen LogP contribution in [0.25, 0.3) is 0 Å². The molecule has 0 amide bonds. The van der Waals surface area contributed by atoms with Gasteiger partial charge in [0.1, 0.15) is 5.82 Å². The summed E-state index contributed by atoms with van der Waals surface area (Å²) in [6, 6.07) is 4.95. The van der Waals surface area contributed by atoms with Gasteiger partial charge in [-0.1, -0.05) is 31.5 Å². The van der Waals surface area contributed by atoms with E-state index in [-0.39, 0.29) is 11.2 Å². The number of hydrogen-bond donors (Lipinski definition) is 1. The molecule has 18 heavy (non-hydrogen) atoms. The molecule has 0 bridgehead atoms. The fourth-order valence-electron chi connectivity index (χ4n) is 2.65. The summed E-state index contributed by atoms with van der Waals surface area (Å²) in [7, 11) is 0. The van der Waals surface area contributed by atoms with Gasteiger partial charge in [-0.2, -0.15) is 0 Å². The summed E-state index contributed by atoms with van der Waals surface area (Å²) in [6.45, 7) is 6.23. The van der Waals surface area contributed by atoms with Gasteiger partial charge in [-0.15, -0.1) is 0 Å². The lowest BCUT2D eigenvalue weighted by Gasteiger charge is -2.30. The Morgan fingerprint density at radius 3 is 2.72 bits per heavy atom. The first-order chi connectivity index (χ1) is 8.57. The van der Waals surface area contributed by atoms with Crippen LogP contribution >= 0.6 is 11.6 Å². The molecule has 0 aliphatic heterocycles. The highest BCUT2D eigenvalue weighted by molar-refractivity contribution is 6.31. The zero-order valence-electron chi connectivity index (χ0n) is 11.1. The molecular formula is C15H21ClFN. The van der Waals surface area contributed by atoms with Gasteiger partial charge in [0.2, 0.25) is 0 Å². The predicted molar refractivity (Wildman–Crippen MR) is 74.5 cm³/mol. The number of rotatable bonds is 6. The molecule has 100 valence electrons. The Morgan fingerprint density at radius 2 is 2.17 bits per heavy atom. The Bertz CT molecular complexity index is 397. The van der Waals surface area contributed by atoms with Crippen LogP contribution in [-0.4, -0.2) is 13.1 Å². The number of benzene rings is 1. The zero-order chi connectivity index (χ0) is 13.2. The van der Waals surface area contributed by atoms with E-state index >= 15 is 0 Å². The minimum Gasteiger partial charge on any atom is -0.316 e. The number of nitrogens with one attached hydrogen (secondary N) is 1. The highest BCUT2D eigenvalue weighted by Crippen LogP contribution is 2.47. The summed E-state index contributed by atoms with van der Waals surface area (Å²) in [5.74, 6) is 0.526. The first kappa shape index (κ1) is 13.8. The third kappa shape index (κ3) is 3.04. The van der Waals surface area contributed by atoms with Crippen LogP contribution in [0.15, 0.2) is 18.2 Å². The Kier molecular flexibility index (Phi) is 4.29. The fourth-order valence-corrected chi connectivity index (χ4v) is 2.88. The van der Waals surface area contributed by atoms with Crippen molar-refractivity contribution in [3.05, 3.63) is 34.6 Å². The fraction of sp³-hybridized carbons (Fsp3) is 0.600. The van der Waals surface area contributed by atoms with Crippen LogP contribution in [0.2, 0.25) is 5.02 Å². The van der Waals surface area contributed by atoms with Crippen molar-refractivity contribution in [1.29, 1.82) is 0 Å². The van der Waals surface area contributed by atoms with Crippen LogP contribution in [0.4, 0.5) is 4.39 Å². The van der Waals surface area contributed by atoms with Gasteiger partial charge in [0.05, 0.1) is 0 Å². The first-order valence-electron chi connectivity index (χ1n) is 6.70. The van der Waals surface area contributed by atoms with E-state index in [9.17, 15) is 4.39 Å². The van der Waals surface area contributed by atoms with Gasteiger partial charge < -0.3 is 5.32 Å². The van der Waals surface area contributed by atoms with Crippen LogP contribution in [0.1, 0.15) is 32.3 Å². The minimum atomic E-state index is -0.175. The molecule has 1 nitrogen and oxygen atoms in total. The Balaban J connectivity index is 2.18. The van der Waals surface area contributed by atoms with Crippen LogP contribution in [0.3, 0.4) is 0 Å². The molecule has 0 radical (unpaired) electrons. The molecule has 1 N–H and O–H groups in total. The Hall–Kier alpha value is -0.600. The van der Waals surface area contributed by atoms with Gasteiger partial charge >= 0.3 is 0 Å². The molecule has 1 unspecified atom stereocenters. The molecule has 1 aromatic rings. The average Bonchev–Trinajstić information content (AvgIpc) is 3.16. The quantitative estimate of drug-likeness (QED) is 0.822. The van der Waals surface area contributed by atoms with E-state index in [4.69, 9.17) is 11.6 Å². The van der Waals surface area contributed by atoms with Gasteiger partial charge in [0.15, 0.2) is 0 Å². The Morgan fingerprint density at radius 1 is 1.44 bits per heavy atom. The molecule has 0 heterocycles. The smallest absolute Gasteiger partial charge is 0.127 e. The van der Waals surface area contributed by atoms with Crippen molar-refractivity contribution in [1.82, 2.24) is 5.32 Å². The van der Waals surface area contributed by atoms with E-state index < -0.39 is 0 Å². The van der Waals surface area contributed by atoms with Crippen molar-refractivity contribution < 1.29 is 4.39 Å². The molecule has 0 saturated heterocycles. The van der Waals surface area contributed by atoms with Crippen LogP contribution < -0.4 is 5.32 Å². The average molecular weight is 270 g/mol. The van der Waals surface area contributed by atoms with Gasteiger partial charge in [-0.25, -0.2) is 4.39 Å². The lowest BCUT2D eigenvalue weighted by Crippen LogP contribution is -2.35. The second-order valence-corrected chi connectivity index (χ2v) is 5.99. The van der Waals surface area contributed by atoms with Crippen molar-refractivity contribution in [2.45, 2.75) is 33.1 Å². The summed E-state index contributed by atoms with van der Waals surface area (Å²) in [6.07, 6.45) is 3.23. The maximum Gasteiger partial charge on any atom is 0.127 e. The van der Waals surface area contributed by atoms with Crippen LogP contribution in [-0.2, 0) is 6.42 Å². The van der Waals surface area contributed by atoms with Crippen molar-refractivity contribution in [2.24, 2.45) is 11.3 Å². The third-order valence-electron chi connectivity index (χ3n) is 3.98. The molecule has 1 aliphatic rings. The summed E-state index contributed by atoms with van der Waals surface area (Å²) in [4.78, 5) is 0. The molecular weight excluding hydrogens is 249 g/mol. The topological polar surface area (TPSA) is 12.0 Å². The molecule has 1 fully saturated rings. The van der Waals surface area contributed by atoms with E-state index in [1.807, 2.05) is 0 Å². The molecule has 3 heteroatoms. The molecule has 1 saturated carbocycles. The molecule has 1 aliphatic carbocycles. The SMILES string of the molecule is CCNCC(C)(Cc1c(F)cccc1Cl)C1CC1. The molecule has 0 aromatic heterocycles. The van der Waals surface area contributed by atoms with E-state index in [1.54, 1.807) is 12.1 Å². The molecule has 1 atom stereocenters. The molecule has 0 spiro atoms. The van der Waals surface area contributed by atoms with Crippen molar-refractivity contribution in [3.63, 3.8) is 0 Å². The monoisotopic (exact) mass is 269 g/mol. The van der Waals surface area contributed by atoms with E-state index in [0.717, 1.165) is 19.5 Å². The number of hydrogen-bond acceptors (Lipinski definition) is 1. The molecule has 2 rings (SSSR count). The standard InChI is InChI=1S/C15H21ClFN/c1-3-18-10-15(2,11-7-8-11)9-12-13(16)5-4-6-14(12)17/h4-6,11,18H,3,7-10H2,1-2H3. The zero-order valence-corrected chi connectivity index (χ0v) is 11.9. The van der Waals surface area contributed by atoms with Crippen molar-refractivity contribution in [3.8, 4) is 0 Å². The minimum absolute atomic E-state index is 0.113. The largest absolute Gasteiger partial charge is 0.316 e. The second-order valence-electron chi connectivity index (χ2n) is 5.59. The summed E-state index contributed by atoms with van der Waals surface area (Å²) >= 11 is 6.13. The van der Waals surface area contributed by atoms with Gasteiger partial charge in [-0.05, 0) is 49.3 Å². The van der Waals surface area contributed by atoms with Crippen LogP contribution in [0.5, 0.6) is 0 Å². The van der Waals surface area contributed by atoms with Gasteiger partial charge in [0, 0.05) is 17.1 Å². The summed E-state index contributed by atoms with van der Waals surface area (Å²) in [5.41, 5.74) is 0.786. The summed E-state index contributed by atoms with van der Waals surface area (Å²) in [5, 5.41) is 3.96. The highest BCUT2D eigenvalue weighted by atomic mass is 35.5. The van der Waals surface area contributed by atoms with Gasteiger partial charge in [-0.3, -0.25) is 0 Å². The number of halogens is 2. The predicted octanol–water partition coefficient (Wildman–Crippen LogP) is 4.05. The lowest BCUT2D eigenvalue weighted by molar-refractivity contribution is 0.255. The highest BCUT2D eigenvalue weighted by Gasteiger charge is 2.41. The van der Waals surface area contributed by atoms with Crippen molar-refractivity contribution >= 4 is 11.6 Å². The molecule has 1 aromatic carbocycles. The van der Waals surface area contributed by atoms with E-state index in [0.29, 0.717) is 16.5 Å². The maximum atomic E-state index is 13.9. The normalized spacial score (nSPS) is 18.7. The lowest BCUT2D eigenvalue weighted by atomic mass is 9.78. The second kappa shape index (κ2) is 5.58. The summed E-state index contributed by atoms with van der Waals surface area (Å²) < 4.78 is 13.9. The van der Waals surface area contributed by atoms with E-state index in [1.165, 1.54) is 18.9 Å². The van der Waals surface area contributed by atoms with Crippen LogP contribution in [0, 0.1) is 17.2 Å². The first-order valence-corrected chi connectivity index (χ1v) is 7.08. The Labute approximate surface area is 114 Å². The third-order valence-corrected chi connectivity index (χ3v) is 4.34. The maximum absolute atomic E-state index is 13.9.